The van der Waals surface area contributed by atoms with Crippen molar-refractivity contribution in [2.45, 2.75) is 6.92 Å². The number of hydrogen-bond donors (Lipinski definition) is 1. The predicted octanol–water partition coefficient (Wildman–Crippen LogP) is 4.87. The van der Waals surface area contributed by atoms with Gasteiger partial charge in [-0.15, -0.1) is 0 Å². The average molecular weight is 308 g/mol. The number of aromatic nitrogens is 2. The Kier molecular flexibility index (Phi) is 4.30. The van der Waals surface area contributed by atoms with E-state index in [4.69, 9.17) is 17.0 Å². The number of ether oxygens (including phenoxy) is 1. The van der Waals surface area contributed by atoms with Crippen molar-refractivity contribution in [2.75, 3.05) is 6.61 Å². The first-order valence-corrected chi connectivity index (χ1v) is 7.57. The van der Waals surface area contributed by atoms with Gasteiger partial charge in [-0.25, -0.2) is 0 Å². The summed E-state index contributed by atoms with van der Waals surface area (Å²) in [5.41, 5.74) is 4.34. The maximum absolute atomic E-state index is 5.44. The zero-order valence-corrected chi connectivity index (χ0v) is 13.1. The molecule has 0 spiro atoms. The van der Waals surface area contributed by atoms with Crippen LogP contribution in [0.2, 0.25) is 0 Å². The van der Waals surface area contributed by atoms with E-state index in [-0.39, 0.29) is 0 Å². The standard InChI is InChI=1S/C18H16N2OS/c1-2-21-17-12-16(19-18(22)20-17)15-10-8-14(9-11-15)13-6-4-3-5-7-13/h3-12H,2H2,1H3,(H,19,20,22). The highest BCUT2D eigenvalue weighted by Gasteiger charge is 2.04. The molecule has 3 nitrogen and oxygen atoms in total. The van der Waals surface area contributed by atoms with Gasteiger partial charge in [-0.05, 0) is 35.8 Å². The average Bonchev–Trinajstić information content (AvgIpc) is 2.56. The fraction of sp³-hybridized carbons (Fsp3) is 0.111. The number of H-pyrrole nitrogens is 1. The summed E-state index contributed by atoms with van der Waals surface area (Å²) in [4.78, 5) is 7.26. The molecule has 0 saturated carbocycles. The molecule has 0 aliphatic heterocycles. The molecule has 0 saturated heterocycles. The van der Waals surface area contributed by atoms with Gasteiger partial charge in [-0.2, -0.15) is 4.98 Å². The molecule has 0 aliphatic carbocycles. The fourth-order valence-corrected chi connectivity index (χ4v) is 2.49. The monoisotopic (exact) mass is 308 g/mol. The van der Waals surface area contributed by atoms with Crippen molar-refractivity contribution in [1.29, 1.82) is 0 Å². The Labute approximate surface area is 134 Å². The SMILES string of the molecule is CCOc1cc(-c2ccc(-c3ccccc3)cc2)[nH]c(=S)n1. The molecular formula is C18H16N2OS. The molecule has 22 heavy (non-hydrogen) atoms. The molecule has 1 aromatic heterocycles. The fourth-order valence-electron chi connectivity index (χ4n) is 2.29. The molecule has 0 aliphatic rings. The maximum atomic E-state index is 5.44. The van der Waals surface area contributed by atoms with E-state index in [9.17, 15) is 0 Å². The third-order valence-electron chi connectivity index (χ3n) is 3.32. The molecule has 0 amide bonds. The van der Waals surface area contributed by atoms with Crippen molar-refractivity contribution < 1.29 is 4.74 Å². The highest BCUT2D eigenvalue weighted by molar-refractivity contribution is 7.71. The van der Waals surface area contributed by atoms with E-state index in [1.807, 2.05) is 31.2 Å². The first-order chi connectivity index (χ1) is 10.8. The van der Waals surface area contributed by atoms with Crippen molar-refractivity contribution in [3.63, 3.8) is 0 Å². The first kappa shape index (κ1) is 14.5. The molecule has 0 unspecified atom stereocenters. The van der Waals surface area contributed by atoms with Crippen LogP contribution in [0.15, 0.2) is 60.7 Å². The van der Waals surface area contributed by atoms with E-state index in [0.29, 0.717) is 17.3 Å². The summed E-state index contributed by atoms with van der Waals surface area (Å²) in [6.45, 7) is 2.49. The molecule has 0 radical (unpaired) electrons. The number of hydrogen-bond acceptors (Lipinski definition) is 3. The van der Waals surface area contributed by atoms with Crippen LogP contribution in [0.25, 0.3) is 22.4 Å². The smallest absolute Gasteiger partial charge is 0.218 e. The normalized spacial score (nSPS) is 10.4. The summed E-state index contributed by atoms with van der Waals surface area (Å²) >= 11 is 5.16. The van der Waals surface area contributed by atoms with Gasteiger partial charge in [0.2, 0.25) is 10.7 Å². The molecule has 3 aromatic rings. The van der Waals surface area contributed by atoms with Gasteiger partial charge in [0.1, 0.15) is 0 Å². The Bertz CT molecular complexity index is 810. The van der Waals surface area contributed by atoms with Gasteiger partial charge in [-0.1, -0.05) is 54.6 Å². The molecule has 4 heteroatoms. The minimum atomic E-state index is 0.424. The third-order valence-corrected chi connectivity index (χ3v) is 3.51. The van der Waals surface area contributed by atoms with E-state index < -0.39 is 0 Å². The van der Waals surface area contributed by atoms with Crippen LogP contribution in [0.3, 0.4) is 0 Å². The second kappa shape index (κ2) is 6.54. The van der Waals surface area contributed by atoms with E-state index in [1.165, 1.54) is 11.1 Å². The summed E-state index contributed by atoms with van der Waals surface area (Å²) in [5, 5.41) is 0. The number of rotatable bonds is 4. The van der Waals surface area contributed by atoms with Crippen LogP contribution in [-0.4, -0.2) is 16.6 Å². The lowest BCUT2D eigenvalue weighted by Crippen LogP contribution is -1.97. The number of benzene rings is 2. The van der Waals surface area contributed by atoms with Crippen LogP contribution in [0.4, 0.5) is 0 Å². The summed E-state index contributed by atoms with van der Waals surface area (Å²) < 4.78 is 5.87. The quantitative estimate of drug-likeness (QED) is 0.699. The van der Waals surface area contributed by atoms with Gasteiger partial charge >= 0.3 is 0 Å². The minimum absolute atomic E-state index is 0.424. The lowest BCUT2D eigenvalue weighted by molar-refractivity contribution is 0.326. The Morgan fingerprint density at radius 2 is 1.59 bits per heavy atom. The molecule has 1 heterocycles. The highest BCUT2D eigenvalue weighted by Crippen LogP contribution is 2.25. The zero-order chi connectivity index (χ0) is 15.4. The van der Waals surface area contributed by atoms with Crippen LogP contribution < -0.4 is 4.74 Å². The Balaban J connectivity index is 1.95. The Hall–Kier alpha value is -2.46. The Morgan fingerprint density at radius 3 is 2.27 bits per heavy atom. The van der Waals surface area contributed by atoms with E-state index in [2.05, 4.69) is 46.4 Å². The predicted molar refractivity (Wildman–Crippen MR) is 91.5 cm³/mol. The van der Waals surface area contributed by atoms with Gasteiger partial charge in [-0.3, -0.25) is 0 Å². The van der Waals surface area contributed by atoms with Crippen molar-refractivity contribution in [1.82, 2.24) is 9.97 Å². The molecule has 0 bridgehead atoms. The molecule has 1 N–H and O–H groups in total. The number of aromatic amines is 1. The van der Waals surface area contributed by atoms with Crippen molar-refractivity contribution in [3.8, 4) is 28.3 Å². The van der Waals surface area contributed by atoms with Crippen LogP contribution in [0.1, 0.15) is 6.92 Å². The van der Waals surface area contributed by atoms with Gasteiger partial charge in [0.05, 0.1) is 12.3 Å². The van der Waals surface area contributed by atoms with Gasteiger partial charge in [0.25, 0.3) is 0 Å². The van der Waals surface area contributed by atoms with Gasteiger partial charge in [0.15, 0.2) is 0 Å². The second-order valence-electron chi connectivity index (χ2n) is 4.81. The maximum Gasteiger partial charge on any atom is 0.218 e. The lowest BCUT2D eigenvalue weighted by atomic mass is 10.0. The van der Waals surface area contributed by atoms with E-state index in [1.54, 1.807) is 0 Å². The van der Waals surface area contributed by atoms with Crippen LogP contribution >= 0.6 is 12.2 Å². The Morgan fingerprint density at radius 1 is 0.955 bits per heavy atom. The number of nitrogens with zero attached hydrogens (tertiary/aromatic N) is 1. The zero-order valence-electron chi connectivity index (χ0n) is 12.2. The van der Waals surface area contributed by atoms with Crippen molar-refractivity contribution >= 4 is 12.2 Å². The van der Waals surface area contributed by atoms with Crippen molar-refractivity contribution in [3.05, 3.63) is 65.4 Å². The third kappa shape index (κ3) is 3.23. The molecule has 3 rings (SSSR count). The van der Waals surface area contributed by atoms with Gasteiger partial charge in [0, 0.05) is 6.07 Å². The first-order valence-electron chi connectivity index (χ1n) is 7.16. The topological polar surface area (TPSA) is 37.9 Å². The van der Waals surface area contributed by atoms with Crippen molar-refractivity contribution in [2.24, 2.45) is 0 Å². The summed E-state index contributed by atoms with van der Waals surface area (Å²) in [7, 11) is 0. The minimum Gasteiger partial charge on any atom is -0.478 e. The summed E-state index contributed by atoms with van der Waals surface area (Å²) in [6.07, 6.45) is 0. The second-order valence-corrected chi connectivity index (χ2v) is 5.20. The molecule has 0 atom stereocenters. The largest absolute Gasteiger partial charge is 0.478 e. The molecule has 0 fully saturated rings. The number of nitrogens with one attached hydrogen (secondary N) is 1. The van der Waals surface area contributed by atoms with Crippen LogP contribution in [0, 0.1) is 4.77 Å². The van der Waals surface area contributed by atoms with Crippen LogP contribution in [0.5, 0.6) is 5.88 Å². The highest BCUT2D eigenvalue weighted by atomic mass is 32.1. The molecule has 2 aromatic carbocycles. The van der Waals surface area contributed by atoms with Crippen LogP contribution in [-0.2, 0) is 0 Å². The molecular weight excluding hydrogens is 292 g/mol. The lowest BCUT2D eigenvalue weighted by Gasteiger charge is -2.07. The van der Waals surface area contributed by atoms with E-state index in [0.717, 1.165) is 11.3 Å². The molecule has 110 valence electrons. The van der Waals surface area contributed by atoms with E-state index >= 15 is 0 Å². The van der Waals surface area contributed by atoms with Gasteiger partial charge < -0.3 is 9.72 Å². The summed E-state index contributed by atoms with van der Waals surface area (Å²) in [6, 6.07) is 20.5. The summed E-state index contributed by atoms with van der Waals surface area (Å²) in [5.74, 6) is 0.549.